The smallest absolute Gasteiger partial charge is 0.330 e. The number of nitrogens with one attached hydrogen (secondary N) is 1. The van der Waals surface area contributed by atoms with E-state index in [-0.39, 0.29) is 24.0 Å². The van der Waals surface area contributed by atoms with Crippen LogP contribution in [0.1, 0.15) is 24.9 Å². The van der Waals surface area contributed by atoms with Crippen molar-refractivity contribution >= 4 is 11.9 Å². The molecular formula is C17H21NO4. The average molecular weight is 303 g/mol. The highest BCUT2D eigenvalue weighted by Gasteiger charge is 2.38. The molecule has 0 aliphatic carbocycles. The maximum absolute atomic E-state index is 12.0. The first-order valence-corrected chi connectivity index (χ1v) is 7.39. The van der Waals surface area contributed by atoms with Crippen molar-refractivity contribution in [1.29, 1.82) is 0 Å². The van der Waals surface area contributed by atoms with Crippen LogP contribution in [0.5, 0.6) is 0 Å². The molecule has 0 spiro atoms. The fourth-order valence-electron chi connectivity index (χ4n) is 2.69. The summed E-state index contributed by atoms with van der Waals surface area (Å²) in [6, 6.07) is 9.73. The summed E-state index contributed by atoms with van der Waals surface area (Å²) in [5.41, 5.74) is 1.11. The number of methoxy groups -OCH3 is 1. The van der Waals surface area contributed by atoms with Crippen LogP contribution in [0.4, 0.5) is 0 Å². The molecule has 0 bridgehead atoms. The molecule has 1 aliphatic heterocycles. The van der Waals surface area contributed by atoms with E-state index in [1.165, 1.54) is 13.2 Å². The molecule has 0 saturated carbocycles. The van der Waals surface area contributed by atoms with Crippen molar-refractivity contribution in [3.05, 3.63) is 48.0 Å². The zero-order valence-corrected chi connectivity index (χ0v) is 12.8. The minimum Gasteiger partial charge on any atom is -0.469 e. The summed E-state index contributed by atoms with van der Waals surface area (Å²) in [5, 5.41) is 3.37. The van der Waals surface area contributed by atoms with Gasteiger partial charge in [0.05, 0.1) is 19.6 Å². The van der Waals surface area contributed by atoms with E-state index in [2.05, 4.69) is 5.32 Å². The Balaban J connectivity index is 2.12. The van der Waals surface area contributed by atoms with Crippen molar-refractivity contribution in [3.8, 4) is 0 Å². The normalized spacial score (nSPS) is 24.4. The third-order valence-electron chi connectivity index (χ3n) is 3.75. The standard InChI is InChI=1S/C17H21NO4/c1-3-22-16(19)10-9-14-13(17(20)21-2)11-15(18-14)12-7-5-4-6-8-12/h4-10,13-15,18H,3,11H2,1-2H3/b10-9+/t13-,14-,15+/m0/s1. The van der Waals surface area contributed by atoms with E-state index in [0.29, 0.717) is 13.0 Å². The summed E-state index contributed by atoms with van der Waals surface area (Å²) in [6.07, 6.45) is 3.68. The SMILES string of the molecule is CCOC(=O)/C=C/[C@@H]1N[C@@H](c2ccccc2)C[C@@H]1C(=O)OC. The first-order valence-electron chi connectivity index (χ1n) is 7.39. The molecule has 118 valence electrons. The van der Waals surface area contributed by atoms with Crippen LogP contribution in [0.25, 0.3) is 0 Å². The van der Waals surface area contributed by atoms with Gasteiger partial charge in [0.2, 0.25) is 0 Å². The van der Waals surface area contributed by atoms with Crippen LogP contribution in [0.15, 0.2) is 42.5 Å². The molecule has 1 aromatic carbocycles. The second-order valence-electron chi connectivity index (χ2n) is 5.13. The second-order valence-corrected chi connectivity index (χ2v) is 5.13. The number of esters is 2. The molecule has 0 radical (unpaired) electrons. The third-order valence-corrected chi connectivity index (χ3v) is 3.75. The van der Waals surface area contributed by atoms with Gasteiger partial charge < -0.3 is 14.8 Å². The Kier molecular flexibility index (Phi) is 5.72. The quantitative estimate of drug-likeness (QED) is 0.666. The van der Waals surface area contributed by atoms with Crippen LogP contribution in [0.2, 0.25) is 0 Å². The predicted octanol–water partition coefficient (Wildman–Crippen LogP) is 2.00. The number of hydrogen-bond acceptors (Lipinski definition) is 5. The van der Waals surface area contributed by atoms with Crippen LogP contribution >= 0.6 is 0 Å². The van der Waals surface area contributed by atoms with Gasteiger partial charge in [-0.1, -0.05) is 36.4 Å². The predicted molar refractivity (Wildman–Crippen MR) is 82.0 cm³/mol. The second kappa shape index (κ2) is 7.75. The van der Waals surface area contributed by atoms with Gasteiger partial charge in [-0.3, -0.25) is 4.79 Å². The van der Waals surface area contributed by atoms with Crippen LogP contribution in [0, 0.1) is 5.92 Å². The van der Waals surface area contributed by atoms with Gasteiger partial charge in [-0.2, -0.15) is 0 Å². The monoisotopic (exact) mass is 303 g/mol. The summed E-state index contributed by atoms with van der Waals surface area (Å²) in [6.45, 7) is 2.08. The minimum absolute atomic E-state index is 0.0575. The number of carbonyl (C=O) groups is 2. The molecule has 0 amide bonds. The lowest BCUT2D eigenvalue weighted by Gasteiger charge is -2.13. The van der Waals surface area contributed by atoms with Crippen LogP contribution < -0.4 is 5.32 Å². The minimum atomic E-state index is -0.406. The summed E-state index contributed by atoms with van der Waals surface area (Å²) >= 11 is 0. The van der Waals surface area contributed by atoms with E-state index in [4.69, 9.17) is 9.47 Å². The van der Waals surface area contributed by atoms with Gasteiger partial charge in [-0.05, 0) is 18.9 Å². The molecule has 5 nitrogen and oxygen atoms in total. The summed E-state index contributed by atoms with van der Waals surface area (Å²) in [7, 11) is 1.38. The average Bonchev–Trinajstić information content (AvgIpc) is 2.97. The van der Waals surface area contributed by atoms with Gasteiger partial charge in [0.1, 0.15) is 0 Å². The number of benzene rings is 1. The molecule has 22 heavy (non-hydrogen) atoms. The van der Waals surface area contributed by atoms with Crippen molar-refractivity contribution in [2.45, 2.75) is 25.4 Å². The van der Waals surface area contributed by atoms with Gasteiger partial charge >= 0.3 is 11.9 Å². The molecule has 3 atom stereocenters. The molecule has 1 heterocycles. The largest absolute Gasteiger partial charge is 0.469 e. The molecule has 1 fully saturated rings. The van der Waals surface area contributed by atoms with Gasteiger partial charge in [0.25, 0.3) is 0 Å². The van der Waals surface area contributed by atoms with Crippen molar-refractivity contribution < 1.29 is 19.1 Å². The molecule has 1 saturated heterocycles. The topological polar surface area (TPSA) is 64.6 Å². The summed E-state index contributed by atoms with van der Waals surface area (Å²) < 4.78 is 9.74. The Morgan fingerprint density at radius 2 is 2.05 bits per heavy atom. The maximum Gasteiger partial charge on any atom is 0.330 e. The fourth-order valence-corrected chi connectivity index (χ4v) is 2.69. The lowest BCUT2D eigenvalue weighted by Crippen LogP contribution is -2.31. The molecule has 1 N–H and O–H groups in total. The first kappa shape index (κ1) is 16.2. The Hall–Kier alpha value is -2.14. The first-order chi connectivity index (χ1) is 10.7. The molecule has 1 aliphatic rings. The third kappa shape index (κ3) is 3.95. The van der Waals surface area contributed by atoms with Gasteiger partial charge in [-0.25, -0.2) is 4.79 Å². The van der Waals surface area contributed by atoms with Crippen molar-refractivity contribution in [3.63, 3.8) is 0 Å². The highest BCUT2D eigenvalue weighted by Crippen LogP contribution is 2.32. The van der Waals surface area contributed by atoms with Gasteiger partial charge in [0, 0.05) is 18.2 Å². The number of carbonyl (C=O) groups excluding carboxylic acids is 2. The van der Waals surface area contributed by atoms with E-state index >= 15 is 0 Å². The summed E-state index contributed by atoms with van der Waals surface area (Å²) in [4.78, 5) is 23.4. The zero-order valence-electron chi connectivity index (χ0n) is 12.8. The van der Waals surface area contributed by atoms with E-state index < -0.39 is 5.97 Å². The Labute approximate surface area is 130 Å². The number of hydrogen-bond donors (Lipinski definition) is 1. The van der Waals surface area contributed by atoms with Gasteiger partial charge in [0.15, 0.2) is 0 Å². The Morgan fingerprint density at radius 1 is 1.32 bits per heavy atom. The van der Waals surface area contributed by atoms with Crippen LogP contribution in [0.3, 0.4) is 0 Å². The lowest BCUT2D eigenvalue weighted by molar-refractivity contribution is -0.145. The van der Waals surface area contributed by atoms with E-state index in [1.807, 2.05) is 30.3 Å². The van der Waals surface area contributed by atoms with Crippen molar-refractivity contribution in [1.82, 2.24) is 5.32 Å². The van der Waals surface area contributed by atoms with E-state index in [1.54, 1.807) is 13.0 Å². The highest BCUT2D eigenvalue weighted by molar-refractivity contribution is 5.82. The molecule has 2 rings (SSSR count). The van der Waals surface area contributed by atoms with Gasteiger partial charge in [-0.15, -0.1) is 0 Å². The molecule has 5 heteroatoms. The fraction of sp³-hybridized carbons (Fsp3) is 0.412. The Morgan fingerprint density at radius 3 is 2.68 bits per heavy atom. The molecule has 0 aromatic heterocycles. The number of ether oxygens (including phenoxy) is 2. The molecule has 1 aromatic rings. The Bertz CT molecular complexity index is 541. The van der Waals surface area contributed by atoms with Crippen molar-refractivity contribution in [2.24, 2.45) is 5.92 Å². The molecule has 0 unspecified atom stereocenters. The van der Waals surface area contributed by atoms with Crippen molar-refractivity contribution in [2.75, 3.05) is 13.7 Å². The highest BCUT2D eigenvalue weighted by atomic mass is 16.5. The summed E-state index contributed by atoms with van der Waals surface area (Å²) in [5.74, 6) is -0.999. The zero-order chi connectivity index (χ0) is 15.9. The maximum atomic E-state index is 12.0. The number of rotatable bonds is 5. The van der Waals surface area contributed by atoms with E-state index in [0.717, 1.165) is 5.56 Å². The van der Waals surface area contributed by atoms with E-state index in [9.17, 15) is 9.59 Å². The van der Waals surface area contributed by atoms with Crippen LogP contribution in [-0.4, -0.2) is 31.7 Å². The van der Waals surface area contributed by atoms with Crippen LogP contribution in [-0.2, 0) is 19.1 Å². The molecular weight excluding hydrogens is 282 g/mol. The lowest BCUT2D eigenvalue weighted by atomic mass is 9.96.